The van der Waals surface area contributed by atoms with E-state index in [1.807, 2.05) is 0 Å². The normalized spacial score (nSPS) is 29.9. The van der Waals surface area contributed by atoms with Gasteiger partial charge in [-0.25, -0.2) is 22.0 Å². The highest BCUT2D eigenvalue weighted by Crippen LogP contribution is 2.48. The third kappa shape index (κ3) is 2.62. The van der Waals surface area contributed by atoms with E-state index in [9.17, 15) is 26.8 Å². The van der Waals surface area contributed by atoms with Crippen LogP contribution in [0.1, 0.15) is 19.3 Å². The van der Waals surface area contributed by atoms with Crippen molar-refractivity contribution >= 4 is 22.0 Å². The van der Waals surface area contributed by atoms with E-state index < -0.39 is 51.6 Å². The molecular weight excluding hydrogens is 286 g/mol. The van der Waals surface area contributed by atoms with Gasteiger partial charge in [0.05, 0.1) is 11.2 Å². The third-order valence-corrected chi connectivity index (χ3v) is 5.07. The number of carbonyl (C=O) groups excluding carboxylic acids is 1. The molecule has 0 saturated heterocycles. The fraction of sp³-hybridized carbons (Fsp3) is 0.778. The summed E-state index contributed by atoms with van der Waals surface area (Å²) in [5.41, 5.74) is -2.04. The van der Waals surface area contributed by atoms with Gasteiger partial charge in [0.2, 0.25) is 16.4 Å². The van der Waals surface area contributed by atoms with Crippen LogP contribution in [0.3, 0.4) is 0 Å². The van der Waals surface area contributed by atoms with Crippen LogP contribution in [0.5, 0.6) is 0 Å². The minimum absolute atomic E-state index is 0.403. The Hall–Kier alpha value is -1.45. The Kier molecular flexibility index (Phi) is 3.15. The van der Waals surface area contributed by atoms with Crippen molar-refractivity contribution in [3.8, 4) is 0 Å². The van der Waals surface area contributed by atoms with Crippen LogP contribution in [0.15, 0.2) is 0 Å². The molecule has 0 radical (unpaired) electrons. The van der Waals surface area contributed by atoms with Gasteiger partial charge in [-0.15, -0.1) is 0 Å². The van der Waals surface area contributed by atoms with Crippen molar-refractivity contribution in [3.05, 3.63) is 0 Å². The third-order valence-electron chi connectivity index (χ3n) is 3.25. The number of carboxylic acid groups (broad SMARTS) is 1. The largest absolute Gasteiger partial charge is 0.465 e. The molecule has 10 heteroatoms. The molecule has 108 valence electrons. The maximum Gasteiger partial charge on any atom is 0.405 e. The lowest BCUT2D eigenvalue weighted by Gasteiger charge is -2.17. The molecule has 2 fully saturated rings. The smallest absolute Gasteiger partial charge is 0.405 e. The summed E-state index contributed by atoms with van der Waals surface area (Å²) >= 11 is 0. The molecule has 2 atom stereocenters. The second-order valence-electron chi connectivity index (χ2n) is 4.72. The lowest BCUT2D eigenvalue weighted by atomic mass is 10.2. The topological polar surface area (TPSA) is 113 Å². The molecule has 0 aliphatic heterocycles. The van der Waals surface area contributed by atoms with Gasteiger partial charge in [0.15, 0.2) is 0 Å². The first-order chi connectivity index (χ1) is 8.69. The van der Waals surface area contributed by atoms with Gasteiger partial charge in [-0.2, -0.15) is 0 Å². The monoisotopic (exact) mass is 298 g/mol. The van der Waals surface area contributed by atoms with Crippen molar-refractivity contribution in [3.63, 3.8) is 0 Å². The number of nitrogens with one attached hydrogen (secondary N) is 2. The van der Waals surface area contributed by atoms with E-state index in [1.165, 1.54) is 0 Å². The van der Waals surface area contributed by atoms with Gasteiger partial charge in [0.1, 0.15) is 5.54 Å². The molecule has 0 aromatic heterocycles. The quantitative estimate of drug-likeness (QED) is 0.655. The molecule has 2 rings (SSSR count). The summed E-state index contributed by atoms with van der Waals surface area (Å²) in [6.07, 6.45) is -4.16. The first-order valence-corrected chi connectivity index (χ1v) is 7.09. The Morgan fingerprint density at radius 1 is 1.32 bits per heavy atom. The lowest BCUT2D eigenvalue weighted by Crippen LogP contribution is -2.52. The van der Waals surface area contributed by atoms with Gasteiger partial charge in [0, 0.05) is 0 Å². The number of rotatable bonds is 5. The summed E-state index contributed by atoms with van der Waals surface area (Å²) in [7, 11) is -3.89. The van der Waals surface area contributed by atoms with E-state index >= 15 is 0 Å². The number of hydrogen-bond donors (Lipinski definition) is 3. The number of alkyl halides is 2. The number of carbonyl (C=O) groups is 2. The predicted molar refractivity (Wildman–Crippen MR) is 58.1 cm³/mol. The zero-order valence-electron chi connectivity index (χ0n) is 9.60. The van der Waals surface area contributed by atoms with Crippen LogP contribution in [-0.4, -0.2) is 42.7 Å². The minimum Gasteiger partial charge on any atom is -0.465 e. The van der Waals surface area contributed by atoms with Crippen LogP contribution in [-0.2, 0) is 14.8 Å². The fourth-order valence-corrected chi connectivity index (χ4v) is 3.29. The zero-order chi connectivity index (χ0) is 14.4. The maximum absolute atomic E-state index is 12.6. The highest BCUT2D eigenvalue weighted by atomic mass is 32.2. The summed E-state index contributed by atoms with van der Waals surface area (Å²) in [6.45, 7) is 0. The maximum atomic E-state index is 12.6. The molecule has 2 aliphatic carbocycles. The predicted octanol–water partition coefficient (Wildman–Crippen LogP) is -0.114. The van der Waals surface area contributed by atoms with Crippen molar-refractivity contribution < 1.29 is 31.9 Å². The summed E-state index contributed by atoms with van der Waals surface area (Å²) in [4.78, 5) is 22.3. The SMILES string of the molecule is O=C(O)NC1(C(=O)NS(=O)(=O)C2CC2)CC1C(F)F. The van der Waals surface area contributed by atoms with Crippen molar-refractivity contribution in [2.75, 3.05) is 0 Å². The molecule has 2 aliphatic rings. The van der Waals surface area contributed by atoms with Crippen molar-refractivity contribution in [1.82, 2.24) is 10.0 Å². The van der Waals surface area contributed by atoms with Gasteiger partial charge in [-0.05, 0) is 19.3 Å². The van der Waals surface area contributed by atoms with E-state index in [0.29, 0.717) is 12.8 Å². The van der Waals surface area contributed by atoms with Crippen LogP contribution >= 0.6 is 0 Å². The van der Waals surface area contributed by atoms with Crippen LogP contribution < -0.4 is 10.0 Å². The molecule has 0 aromatic rings. The van der Waals surface area contributed by atoms with E-state index in [-0.39, 0.29) is 0 Å². The average molecular weight is 298 g/mol. The lowest BCUT2D eigenvalue weighted by molar-refractivity contribution is -0.123. The van der Waals surface area contributed by atoms with Crippen molar-refractivity contribution in [2.24, 2.45) is 5.92 Å². The first kappa shape index (κ1) is 14.0. The van der Waals surface area contributed by atoms with Crippen LogP contribution in [0.25, 0.3) is 0 Å². The Morgan fingerprint density at radius 2 is 1.89 bits per heavy atom. The molecule has 0 spiro atoms. The Morgan fingerprint density at radius 3 is 2.26 bits per heavy atom. The Balaban J connectivity index is 2.12. The highest BCUT2D eigenvalue weighted by Gasteiger charge is 2.66. The minimum atomic E-state index is -3.89. The molecule has 0 heterocycles. The van der Waals surface area contributed by atoms with Gasteiger partial charge in [-0.3, -0.25) is 9.52 Å². The standard InChI is InChI=1S/C9H12F2N2O5S/c10-6(11)5-3-9(5,12-8(15)16)7(14)13-19(17,18)4-1-2-4/h4-6,12H,1-3H2,(H,13,14)(H,15,16). The average Bonchev–Trinajstić information content (AvgIpc) is 3.10. The Labute approximate surface area is 107 Å². The number of halogens is 2. The number of amides is 2. The zero-order valence-corrected chi connectivity index (χ0v) is 10.4. The summed E-state index contributed by atoms with van der Waals surface area (Å²) in [5.74, 6) is -2.73. The van der Waals surface area contributed by atoms with Gasteiger partial charge in [0.25, 0.3) is 5.91 Å². The van der Waals surface area contributed by atoms with E-state index in [4.69, 9.17) is 5.11 Å². The first-order valence-electron chi connectivity index (χ1n) is 5.54. The van der Waals surface area contributed by atoms with Crippen molar-refractivity contribution in [2.45, 2.75) is 36.5 Å². The fourth-order valence-electron chi connectivity index (χ4n) is 1.93. The van der Waals surface area contributed by atoms with E-state index in [0.717, 1.165) is 0 Å². The molecule has 0 bridgehead atoms. The number of hydrogen-bond acceptors (Lipinski definition) is 4. The highest BCUT2D eigenvalue weighted by molar-refractivity contribution is 7.90. The van der Waals surface area contributed by atoms with E-state index in [2.05, 4.69) is 0 Å². The van der Waals surface area contributed by atoms with Gasteiger partial charge in [-0.1, -0.05) is 0 Å². The van der Waals surface area contributed by atoms with Crippen LogP contribution in [0.2, 0.25) is 0 Å². The summed E-state index contributed by atoms with van der Waals surface area (Å²) in [6, 6.07) is 0. The molecular formula is C9H12F2N2O5S. The molecule has 7 nitrogen and oxygen atoms in total. The molecule has 0 aromatic carbocycles. The summed E-state index contributed by atoms with van der Waals surface area (Å²) in [5, 5.41) is 9.58. The number of sulfonamides is 1. The van der Waals surface area contributed by atoms with E-state index in [1.54, 1.807) is 10.0 Å². The molecule has 2 unspecified atom stereocenters. The van der Waals surface area contributed by atoms with Crippen LogP contribution in [0, 0.1) is 5.92 Å². The second kappa shape index (κ2) is 4.29. The second-order valence-corrected chi connectivity index (χ2v) is 6.68. The molecule has 2 amide bonds. The van der Waals surface area contributed by atoms with Gasteiger partial charge >= 0.3 is 6.09 Å². The molecule has 19 heavy (non-hydrogen) atoms. The van der Waals surface area contributed by atoms with Crippen LogP contribution in [0.4, 0.5) is 13.6 Å². The summed E-state index contributed by atoms with van der Waals surface area (Å²) < 4.78 is 49.9. The Bertz CT molecular complexity index is 519. The molecule has 3 N–H and O–H groups in total. The van der Waals surface area contributed by atoms with Crippen molar-refractivity contribution in [1.29, 1.82) is 0 Å². The molecule has 2 saturated carbocycles. The van der Waals surface area contributed by atoms with Gasteiger partial charge < -0.3 is 10.4 Å².